The summed E-state index contributed by atoms with van der Waals surface area (Å²) in [5.74, 6) is 1.45. The van der Waals surface area contributed by atoms with Gasteiger partial charge in [-0.2, -0.15) is 0 Å². The second kappa shape index (κ2) is 24.9. The van der Waals surface area contributed by atoms with E-state index in [-0.39, 0.29) is 0 Å². The van der Waals surface area contributed by atoms with Gasteiger partial charge in [-0.05, 0) is 25.7 Å². The molecule has 2 heteroatoms. The molecule has 206 valence electrons. The quantitative estimate of drug-likeness (QED) is 0.0858. The molecule has 0 aliphatic heterocycles. The van der Waals surface area contributed by atoms with Crippen molar-refractivity contribution in [3.8, 4) is 0 Å². The molecule has 35 heavy (non-hydrogen) atoms. The van der Waals surface area contributed by atoms with Gasteiger partial charge in [0.05, 0.1) is 13.1 Å². The molecule has 0 amide bonds. The van der Waals surface area contributed by atoms with Crippen molar-refractivity contribution in [1.29, 1.82) is 0 Å². The number of unbranched alkanes of at least 4 members (excludes halogenated alkanes) is 23. The van der Waals surface area contributed by atoms with Crippen molar-refractivity contribution in [2.24, 2.45) is 0 Å². The summed E-state index contributed by atoms with van der Waals surface area (Å²) in [6, 6.07) is 0. The van der Waals surface area contributed by atoms with E-state index in [1.54, 1.807) is 0 Å². The third kappa shape index (κ3) is 19.0. The lowest BCUT2D eigenvalue weighted by Crippen LogP contribution is -2.35. The molecule has 0 aromatic carbocycles. The highest BCUT2D eigenvalue weighted by molar-refractivity contribution is 4.79. The second-order valence-corrected chi connectivity index (χ2v) is 11.4. The summed E-state index contributed by atoms with van der Waals surface area (Å²) in [6.07, 6.45) is 40.4. The first-order valence-electron chi connectivity index (χ1n) is 16.3. The highest BCUT2D eigenvalue weighted by Crippen LogP contribution is 2.14. The standard InChI is InChI=1S/C33H65N2/c1-4-6-8-10-12-14-16-17-18-20-22-24-26-28-30-35-32-31-34(33(35)3)29-27-25-23-21-19-15-13-11-9-7-5-2/h31-32H,4-30H2,1-3H3/q+1. The van der Waals surface area contributed by atoms with E-state index in [2.05, 4.69) is 42.3 Å². The van der Waals surface area contributed by atoms with Crippen LogP contribution in [0, 0.1) is 6.92 Å². The Kier molecular flexibility index (Phi) is 22.9. The van der Waals surface area contributed by atoms with Gasteiger partial charge in [-0.1, -0.05) is 149 Å². The molecule has 0 N–H and O–H groups in total. The molecule has 0 saturated carbocycles. The maximum atomic E-state index is 2.49. The Morgan fingerprint density at radius 1 is 0.486 bits per heavy atom. The maximum Gasteiger partial charge on any atom is 0.253 e. The van der Waals surface area contributed by atoms with Crippen molar-refractivity contribution < 1.29 is 4.57 Å². The summed E-state index contributed by atoms with van der Waals surface area (Å²) < 4.78 is 4.97. The molecule has 0 unspecified atom stereocenters. The van der Waals surface area contributed by atoms with Gasteiger partial charge in [0.1, 0.15) is 12.4 Å². The number of imidazole rings is 1. The van der Waals surface area contributed by atoms with Crippen molar-refractivity contribution in [2.75, 3.05) is 0 Å². The largest absolute Gasteiger partial charge is 0.253 e. The Morgan fingerprint density at radius 2 is 0.829 bits per heavy atom. The van der Waals surface area contributed by atoms with Gasteiger partial charge in [-0.25, -0.2) is 9.13 Å². The number of aryl methyl sites for hydroxylation is 2. The third-order valence-electron chi connectivity index (χ3n) is 8.01. The summed E-state index contributed by atoms with van der Waals surface area (Å²) in [4.78, 5) is 0. The fourth-order valence-corrected chi connectivity index (χ4v) is 5.44. The molecule has 0 atom stereocenters. The predicted molar refractivity (Wildman–Crippen MR) is 156 cm³/mol. The lowest BCUT2D eigenvalue weighted by Gasteiger charge is -2.04. The molecule has 0 saturated heterocycles. The lowest BCUT2D eigenvalue weighted by molar-refractivity contribution is -0.702. The molecular formula is C33H65N2+. The van der Waals surface area contributed by atoms with E-state index >= 15 is 0 Å². The Labute approximate surface area is 221 Å². The average Bonchev–Trinajstić information content (AvgIpc) is 3.21. The zero-order valence-corrected chi connectivity index (χ0v) is 24.6. The Hall–Kier alpha value is -0.790. The monoisotopic (exact) mass is 490 g/mol. The zero-order chi connectivity index (χ0) is 25.2. The minimum Gasteiger partial charge on any atom is -0.234 e. The number of nitrogens with zero attached hydrogens (tertiary/aromatic N) is 2. The molecule has 0 aliphatic rings. The summed E-state index contributed by atoms with van der Waals surface area (Å²) in [7, 11) is 0. The molecule has 1 heterocycles. The fraction of sp³-hybridized carbons (Fsp3) is 0.909. The highest BCUT2D eigenvalue weighted by atomic mass is 15.1. The van der Waals surface area contributed by atoms with Gasteiger partial charge in [0.25, 0.3) is 5.82 Å². The molecule has 2 nitrogen and oxygen atoms in total. The number of aromatic nitrogens is 2. The molecule has 1 rings (SSSR count). The SMILES string of the molecule is CCCCCCCCCCCCCCCCn1cc[n+](CCCCCCCCCCCCC)c1C. The first kappa shape index (κ1) is 32.2. The minimum atomic E-state index is 1.20. The molecule has 0 aliphatic carbocycles. The van der Waals surface area contributed by atoms with Gasteiger partial charge in [-0.15, -0.1) is 0 Å². The first-order chi connectivity index (χ1) is 17.3. The zero-order valence-electron chi connectivity index (χ0n) is 24.6. The average molecular weight is 490 g/mol. The van der Waals surface area contributed by atoms with Crippen LogP contribution in [0.4, 0.5) is 0 Å². The van der Waals surface area contributed by atoms with Crippen molar-refractivity contribution in [3.63, 3.8) is 0 Å². The van der Waals surface area contributed by atoms with E-state index in [0.717, 1.165) is 0 Å². The molecule has 0 fully saturated rings. The van der Waals surface area contributed by atoms with Crippen LogP contribution in [-0.2, 0) is 13.1 Å². The van der Waals surface area contributed by atoms with Crippen LogP contribution in [0.3, 0.4) is 0 Å². The molecule has 0 radical (unpaired) electrons. The van der Waals surface area contributed by atoms with Crippen LogP contribution in [0.2, 0.25) is 0 Å². The number of rotatable bonds is 27. The summed E-state index contributed by atoms with van der Waals surface area (Å²) in [6.45, 7) is 9.32. The van der Waals surface area contributed by atoms with E-state index < -0.39 is 0 Å². The van der Waals surface area contributed by atoms with Crippen molar-refractivity contribution in [3.05, 3.63) is 18.2 Å². The van der Waals surface area contributed by atoms with E-state index in [0.29, 0.717) is 0 Å². The van der Waals surface area contributed by atoms with Crippen LogP contribution in [0.15, 0.2) is 12.4 Å². The maximum absolute atomic E-state index is 2.49. The number of hydrogen-bond donors (Lipinski definition) is 0. The predicted octanol–water partition coefficient (Wildman–Crippen LogP) is 10.9. The van der Waals surface area contributed by atoms with Crippen molar-refractivity contribution in [2.45, 2.75) is 194 Å². The van der Waals surface area contributed by atoms with Gasteiger partial charge in [0, 0.05) is 6.92 Å². The van der Waals surface area contributed by atoms with Crippen LogP contribution in [0.25, 0.3) is 0 Å². The van der Waals surface area contributed by atoms with Crippen LogP contribution >= 0.6 is 0 Å². The number of hydrogen-bond acceptors (Lipinski definition) is 0. The highest BCUT2D eigenvalue weighted by Gasteiger charge is 2.11. The van der Waals surface area contributed by atoms with Crippen molar-refractivity contribution in [1.82, 2.24) is 4.57 Å². The van der Waals surface area contributed by atoms with Crippen molar-refractivity contribution >= 4 is 0 Å². The van der Waals surface area contributed by atoms with Crippen LogP contribution in [0.5, 0.6) is 0 Å². The van der Waals surface area contributed by atoms with E-state index in [1.807, 2.05) is 0 Å². The Morgan fingerprint density at radius 3 is 1.23 bits per heavy atom. The van der Waals surface area contributed by atoms with Crippen LogP contribution < -0.4 is 4.57 Å². The molecular weight excluding hydrogens is 424 g/mol. The second-order valence-electron chi connectivity index (χ2n) is 11.4. The van der Waals surface area contributed by atoms with Gasteiger partial charge in [0.2, 0.25) is 0 Å². The molecule has 0 spiro atoms. The molecule has 1 aromatic rings. The van der Waals surface area contributed by atoms with E-state index in [1.165, 1.54) is 179 Å². The Balaban J connectivity index is 1.91. The Bertz CT molecular complexity index is 547. The lowest BCUT2D eigenvalue weighted by atomic mass is 10.0. The summed E-state index contributed by atoms with van der Waals surface area (Å²) in [5.41, 5.74) is 0. The van der Waals surface area contributed by atoms with Gasteiger partial charge < -0.3 is 0 Å². The van der Waals surface area contributed by atoms with E-state index in [9.17, 15) is 0 Å². The molecule has 0 bridgehead atoms. The van der Waals surface area contributed by atoms with Crippen LogP contribution in [-0.4, -0.2) is 4.57 Å². The van der Waals surface area contributed by atoms with Gasteiger partial charge in [0.15, 0.2) is 0 Å². The first-order valence-corrected chi connectivity index (χ1v) is 16.3. The normalized spacial score (nSPS) is 11.5. The third-order valence-corrected chi connectivity index (χ3v) is 8.01. The summed E-state index contributed by atoms with van der Waals surface area (Å²) in [5, 5.41) is 0. The van der Waals surface area contributed by atoms with Gasteiger partial charge in [-0.3, -0.25) is 0 Å². The van der Waals surface area contributed by atoms with Crippen LogP contribution in [0.1, 0.15) is 180 Å². The molecule has 1 aromatic heterocycles. The smallest absolute Gasteiger partial charge is 0.234 e. The fourth-order valence-electron chi connectivity index (χ4n) is 5.44. The topological polar surface area (TPSA) is 8.81 Å². The summed E-state index contributed by atoms with van der Waals surface area (Å²) >= 11 is 0. The van der Waals surface area contributed by atoms with E-state index in [4.69, 9.17) is 0 Å². The minimum absolute atomic E-state index is 1.20. The van der Waals surface area contributed by atoms with Gasteiger partial charge >= 0.3 is 0 Å².